The first-order valence-electron chi connectivity index (χ1n) is 4.92. The SMILES string of the molecule is CCC[CH]C1CCC=CCC1. The normalized spacial score (nSPS) is 20.1. The Hall–Kier alpha value is -0.260. The summed E-state index contributed by atoms with van der Waals surface area (Å²) in [6.07, 6.45) is 15.2. The Balaban J connectivity index is 2.13. The fourth-order valence-corrected chi connectivity index (χ4v) is 1.64. The van der Waals surface area contributed by atoms with Crippen LogP contribution in [0.1, 0.15) is 45.4 Å². The van der Waals surface area contributed by atoms with Crippen molar-refractivity contribution in [2.24, 2.45) is 5.92 Å². The molecule has 0 aromatic carbocycles. The van der Waals surface area contributed by atoms with Crippen LogP contribution in [-0.4, -0.2) is 0 Å². The molecule has 0 heterocycles. The summed E-state index contributed by atoms with van der Waals surface area (Å²) in [4.78, 5) is 0. The monoisotopic (exact) mass is 151 g/mol. The highest BCUT2D eigenvalue weighted by Crippen LogP contribution is 2.22. The summed E-state index contributed by atoms with van der Waals surface area (Å²) in [5.74, 6) is 0.907. The van der Waals surface area contributed by atoms with Crippen molar-refractivity contribution in [2.45, 2.75) is 45.4 Å². The second-order valence-electron chi connectivity index (χ2n) is 3.41. The van der Waals surface area contributed by atoms with E-state index < -0.39 is 0 Å². The topological polar surface area (TPSA) is 0 Å². The van der Waals surface area contributed by atoms with Gasteiger partial charge in [0.15, 0.2) is 0 Å². The number of rotatable bonds is 3. The highest BCUT2D eigenvalue weighted by Gasteiger charge is 2.08. The van der Waals surface area contributed by atoms with Crippen LogP contribution in [-0.2, 0) is 0 Å². The number of allylic oxidation sites excluding steroid dienone is 2. The lowest BCUT2D eigenvalue weighted by atomic mass is 9.94. The summed E-state index contributed by atoms with van der Waals surface area (Å²) in [5, 5.41) is 0. The molecule has 0 aliphatic heterocycles. The quantitative estimate of drug-likeness (QED) is 0.539. The van der Waals surface area contributed by atoms with E-state index in [1.54, 1.807) is 0 Å². The molecule has 0 spiro atoms. The van der Waals surface area contributed by atoms with Crippen LogP contribution in [0.5, 0.6) is 0 Å². The van der Waals surface area contributed by atoms with Gasteiger partial charge in [-0.15, -0.1) is 0 Å². The van der Waals surface area contributed by atoms with Crippen molar-refractivity contribution in [1.29, 1.82) is 0 Å². The first-order valence-corrected chi connectivity index (χ1v) is 4.92. The van der Waals surface area contributed by atoms with E-state index in [9.17, 15) is 0 Å². The van der Waals surface area contributed by atoms with Crippen molar-refractivity contribution in [3.8, 4) is 0 Å². The van der Waals surface area contributed by atoms with Crippen molar-refractivity contribution < 1.29 is 0 Å². The van der Waals surface area contributed by atoms with Gasteiger partial charge in [-0.3, -0.25) is 0 Å². The predicted molar refractivity (Wildman–Crippen MR) is 50.3 cm³/mol. The Morgan fingerprint density at radius 3 is 2.45 bits per heavy atom. The largest absolute Gasteiger partial charge is 0.0885 e. The van der Waals surface area contributed by atoms with Crippen LogP contribution < -0.4 is 0 Å². The van der Waals surface area contributed by atoms with Crippen LogP contribution in [0.15, 0.2) is 12.2 Å². The Morgan fingerprint density at radius 2 is 1.91 bits per heavy atom. The Morgan fingerprint density at radius 1 is 1.27 bits per heavy atom. The van der Waals surface area contributed by atoms with E-state index >= 15 is 0 Å². The van der Waals surface area contributed by atoms with Crippen LogP contribution in [0.4, 0.5) is 0 Å². The summed E-state index contributed by atoms with van der Waals surface area (Å²) in [7, 11) is 0. The molecule has 0 heteroatoms. The van der Waals surface area contributed by atoms with E-state index in [0.29, 0.717) is 0 Å². The lowest BCUT2D eigenvalue weighted by Gasteiger charge is -2.11. The fraction of sp³-hybridized carbons (Fsp3) is 0.727. The summed E-state index contributed by atoms with van der Waals surface area (Å²) in [6, 6.07) is 0. The first-order chi connectivity index (χ1) is 5.43. The third kappa shape index (κ3) is 3.60. The van der Waals surface area contributed by atoms with Crippen molar-refractivity contribution in [3.63, 3.8) is 0 Å². The molecule has 0 amide bonds. The van der Waals surface area contributed by atoms with Gasteiger partial charge in [0.05, 0.1) is 0 Å². The third-order valence-corrected chi connectivity index (χ3v) is 2.36. The fourth-order valence-electron chi connectivity index (χ4n) is 1.64. The minimum atomic E-state index is 0.907. The number of hydrogen-bond donors (Lipinski definition) is 0. The van der Waals surface area contributed by atoms with Crippen molar-refractivity contribution in [3.05, 3.63) is 18.6 Å². The predicted octanol–water partition coefficient (Wildman–Crippen LogP) is 3.74. The van der Waals surface area contributed by atoms with Gasteiger partial charge in [0.2, 0.25) is 0 Å². The van der Waals surface area contributed by atoms with Crippen LogP contribution in [0.2, 0.25) is 0 Å². The van der Waals surface area contributed by atoms with Crippen molar-refractivity contribution in [2.75, 3.05) is 0 Å². The highest BCUT2D eigenvalue weighted by molar-refractivity contribution is 4.90. The van der Waals surface area contributed by atoms with Crippen LogP contribution in [0.3, 0.4) is 0 Å². The maximum atomic E-state index is 2.52. The van der Waals surface area contributed by atoms with E-state index in [0.717, 1.165) is 5.92 Å². The average Bonchev–Trinajstić information content (AvgIpc) is 2.28. The Labute approximate surface area is 70.7 Å². The highest BCUT2D eigenvalue weighted by atomic mass is 14.1. The average molecular weight is 151 g/mol. The molecule has 0 N–H and O–H groups in total. The molecule has 0 saturated carbocycles. The van der Waals surface area contributed by atoms with E-state index in [-0.39, 0.29) is 0 Å². The lowest BCUT2D eigenvalue weighted by molar-refractivity contribution is 0.512. The van der Waals surface area contributed by atoms with Gasteiger partial charge in [0.25, 0.3) is 0 Å². The van der Waals surface area contributed by atoms with Gasteiger partial charge >= 0.3 is 0 Å². The standard InChI is InChI=1S/C11H19/c1-2-3-8-11-9-6-4-5-7-10-11/h4-5,8,11H,2-3,6-7,9-10H2,1H3. The second-order valence-corrected chi connectivity index (χ2v) is 3.41. The molecule has 0 unspecified atom stereocenters. The van der Waals surface area contributed by atoms with Crippen molar-refractivity contribution >= 4 is 0 Å². The molecule has 0 atom stereocenters. The molecule has 1 aliphatic rings. The molecule has 0 aromatic rings. The molecule has 0 bridgehead atoms. The van der Waals surface area contributed by atoms with Crippen LogP contribution >= 0.6 is 0 Å². The molecule has 0 fully saturated rings. The molecule has 0 saturated heterocycles. The molecule has 63 valence electrons. The Kier molecular flexibility index (Phi) is 4.33. The van der Waals surface area contributed by atoms with Gasteiger partial charge in [-0.05, 0) is 38.0 Å². The molecular weight excluding hydrogens is 132 g/mol. The smallest absolute Gasteiger partial charge is 0.0348 e. The number of hydrogen-bond acceptors (Lipinski definition) is 0. The molecule has 11 heavy (non-hydrogen) atoms. The zero-order valence-electron chi connectivity index (χ0n) is 7.55. The summed E-state index contributed by atoms with van der Waals surface area (Å²) in [5.41, 5.74) is 0. The molecule has 1 radical (unpaired) electrons. The van der Waals surface area contributed by atoms with Gasteiger partial charge in [0, 0.05) is 0 Å². The first kappa shape index (κ1) is 8.83. The van der Waals surface area contributed by atoms with Gasteiger partial charge in [-0.1, -0.05) is 31.9 Å². The second kappa shape index (κ2) is 5.40. The minimum Gasteiger partial charge on any atom is -0.0885 e. The lowest BCUT2D eigenvalue weighted by Crippen LogP contribution is -1.98. The van der Waals surface area contributed by atoms with Crippen molar-refractivity contribution in [1.82, 2.24) is 0 Å². The van der Waals surface area contributed by atoms with E-state index in [2.05, 4.69) is 25.5 Å². The van der Waals surface area contributed by atoms with Gasteiger partial charge in [-0.2, -0.15) is 0 Å². The van der Waals surface area contributed by atoms with Crippen LogP contribution in [0.25, 0.3) is 0 Å². The van der Waals surface area contributed by atoms with E-state index in [1.807, 2.05) is 0 Å². The molecule has 0 nitrogen and oxygen atoms in total. The summed E-state index contributed by atoms with van der Waals surface area (Å²) in [6.45, 7) is 2.26. The van der Waals surface area contributed by atoms with Gasteiger partial charge < -0.3 is 0 Å². The molecule has 1 aliphatic carbocycles. The summed E-state index contributed by atoms with van der Waals surface area (Å²) < 4.78 is 0. The minimum absolute atomic E-state index is 0.907. The summed E-state index contributed by atoms with van der Waals surface area (Å²) >= 11 is 0. The molecule has 1 rings (SSSR count). The zero-order chi connectivity index (χ0) is 7.94. The van der Waals surface area contributed by atoms with Gasteiger partial charge in [0.1, 0.15) is 0 Å². The van der Waals surface area contributed by atoms with Gasteiger partial charge in [-0.25, -0.2) is 0 Å². The molecular formula is C11H19. The van der Waals surface area contributed by atoms with E-state index in [4.69, 9.17) is 0 Å². The zero-order valence-corrected chi connectivity index (χ0v) is 7.55. The Bertz CT molecular complexity index is 103. The maximum absolute atomic E-state index is 2.52. The van der Waals surface area contributed by atoms with E-state index in [1.165, 1.54) is 38.5 Å². The molecule has 0 aromatic heterocycles. The third-order valence-electron chi connectivity index (χ3n) is 2.36. The van der Waals surface area contributed by atoms with Crippen LogP contribution in [0, 0.1) is 12.3 Å². The maximum Gasteiger partial charge on any atom is -0.0348 e. The number of unbranched alkanes of at least 4 members (excludes halogenated alkanes) is 1.